The fourth-order valence-electron chi connectivity index (χ4n) is 1.97. The van der Waals surface area contributed by atoms with Crippen LogP contribution in [-0.4, -0.2) is 49.2 Å². The Morgan fingerprint density at radius 3 is 3.05 bits per heavy atom. The number of piperazine rings is 1. The van der Waals surface area contributed by atoms with E-state index < -0.39 is 0 Å². The van der Waals surface area contributed by atoms with Gasteiger partial charge in [-0.1, -0.05) is 6.92 Å². The summed E-state index contributed by atoms with van der Waals surface area (Å²) in [7, 11) is 1.59. The molecule has 2 heterocycles. The van der Waals surface area contributed by atoms with Crippen molar-refractivity contribution in [1.29, 1.82) is 0 Å². The van der Waals surface area contributed by atoms with E-state index in [0.717, 1.165) is 13.0 Å². The molecule has 7 heteroatoms. The van der Waals surface area contributed by atoms with E-state index in [0.29, 0.717) is 37.0 Å². The number of rotatable bonds is 5. The van der Waals surface area contributed by atoms with Gasteiger partial charge < -0.3 is 20.3 Å². The van der Waals surface area contributed by atoms with Crippen molar-refractivity contribution in [2.75, 3.05) is 43.5 Å². The van der Waals surface area contributed by atoms with Gasteiger partial charge in [-0.2, -0.15) is 0 Å². The van der Waals surface area contributed by atoms with Crippen LogP contribution in [0, 0.1) is 0 Å². The van der Waals surface area contributed by atoms with Crippen LogP contribution in [0.1, 0.15) is 13.3 Å². The molecule has 1 aromatic heterocycles. The minimum atomic E-state index is -0.00465. The van der Waals surface area contributed by atoms with Crippen LogP contribution in [0.3, 0.4) is 0 Å². The Morgan fingerprint density at radius 2 is 2.37 bits per heavy atom. The van der Waals surface area contributed by atoms with Crippen molar-refractivity contribution in [3.05, 3.63) is 6.33 Å². The number of nitrogens with one attached hydrogen (secondary N) is 2. The molecule has 0 aliphatic carbocycles. The second kappa shape index (κ2) is 6.21. The predicted molar refractivity (Wildman–Crippen MR) is 72.6 cm³/mol. The molecule has 2 N–H and O–H groups in total. The lowest BCUT2D eigenvalue weighted by atomic mass is 10.3. The highest BCUT2D eigenvalue weighted by atomic mass is 16.5. The molecule has 0 unspecified atom stereocenters. The number of hydrogen-bond donors (Lipinski definition) is 2. The van der Waals surface area contributed by atoms with Gasteiger partial charge in [-0.15, -0.1) is 0 Å². The summed E-state index contributed by atoms with van der Waals surface area (Å²) in [6.45, 7) is 4.51. The molecule has 1 amide bonds. The topological polar surface area (TPSA) is 79.4 Å². The van der Waals surface area contributed by atoms with Gasteiger partial charge in [-0.3, -0.25) is 4.79 Å². The lowest BCUT2D eigenvalue weighted by molar-refractivity contribution is -0.120. The van der Waals surface area contributed by atoms with Crippen LogP contribution in [0.5, 0.6) is 5.75 Å². The quantitative estimate of drug-likeness (QED) is 0.794. The molecule has 1 aliphatic rings. The first kappa shape index (κ1) is 13.4. The molecule has 1 aromatic rings. The first-order valence-corrected chi connectivity index (χ1v) is 6.40. The van der Waals surface area contributed by atoms with Crippen LogP contribution in [0.15, 0.2) is 6.33 Å². The van der Waals surface area contributed by atoms with Crippen molar-refractivity contribution in [3.8, 4) is 5.75 Å². The molecule has 0 radical (unpaired) electrons. The van der Waals surface area contributed by atoms with E-state index in [4.69, 9.17) is 4.74 Å². The number of hydrogen-bond acceptors (Lipinski definition) is 6. The lowest BCUT2D eigenvalue weighted by Gasteiger charge is -2.28. The van der Waals surface area contributed by atoms with Crippen molar-refractivity contribution in [1.82, 2.24) is 15.3 Å². The summed E-state index contributed by atoms with van der Waals surface area (Å²) in [4.78, 5) is 21.8. The third kappa shape index (κ3) is 3.04. The number of nitrogens with zero attached hydrogens (tertiary/aromatic N) is 3. The Hall–Kier alpha value is -2.05. The van der Waals surface area contributed by atoms with Gasteiger partial charge in [0.15, 0.2) is 11.6 Å². The number of amides is 1. The fraction of sp³-hybridized carbons (Fsp3) is 0.583. The zero-order valence-corrected chi connectivity index (χ0v) is 11.3. The third-order valence-electron chi connectivity index (χ3n) is 2.87. The summed E-state index contributed by atoms with van der Waals surface area (Å²) in [6.07, 6.45) is 2.48. The van der Waals surface area contributed by atoms with Gasteiger partial charge in [-0.05, 0) is 6.42 Å². The molecule has 7 nitrogen and oxygen atoms in total. The maximum Gasteiger partial charge on any atom is 0.239 e. The number of ether oxygens (including phenoxy) is 1. The van der Waals surface area contributed by atoms with Gasteiger partial charge in [0.1, 0.15) is 6.33 Å². The van der Waals surface area contributed by atoms with Crippen molar-refractivity contribution in [2.24, 2.45) is 0 Å². The molecule has 19 heavy (non-hydrogen) atoms. The standard InChI is InChI=1S/C12H19N5O2/c1-3-4-14-11-10(19-2)12(16-8-15-11)17-6-5-13-9(18)7-17/h8H,3-7H2,1-2H3,(H,13,18)(H,14,15,16). The normalized spacial score (nSPS) is 15.1. The van der Waals surface area contributed by atoms with Gasteiger partial charge in [0, 0.05) is 19.6 Å². The second-order valence-corrected chi connectivity index (χ2v) is 4.28. The van der Waals surface area contributed by atoms with E-state index in [1.54, 1.807) is 7.11 Å². The van der Waals surface area contributed by atoms with Gasteiger partial charge in [-0.25, -0.2) is 9.97 Å². The Morgan fingerprint density at radius 1 is 1.53 bits per heavy atom. The average Bonchev–Trinajstić information content (AvgIpc) is 2.44. The van der Waals surface area contributed by atoms with Gasteiger partial charge >= 0.3 is 0 Å². The summed E-state index contributed by atoms with van der Waals surface area (Å²) in [5.74, 6) is 1.91. The van der Waals surface area contributed by atoms with Crippen LogP contribution < -0.4 is 20.3 Å². The van der Waals surface area contributed by atoms with Crippen LogP contribution in [0.2, 0.25) is 0 Å². The van der Waals surface area contributed by atoms with Crippen LogP contribution >= 0.6 is 0 Å². The Bertz CT molecular complexity index is 452. The molecular weight excluding hydrogens is 246 g/mol. The molecule has 0 bridgehead atoms. The first-order chi connectivity index (χ1) is 9.26. The van der Waals surface area contributed by atoms with Crippen molar-refractivity contribution in [2.45, 2.75) is 13.3 Å². The number of methoxy groups -OCH3 is 1. The molecule has 2 rings (SSSR count). The Balaban J connectivity index is 2.25. The molecule has 1 aliphatic heterocycles. The SMILES string of the molecule is CCCNc1ncnc(N2CCNC(=O)C2)c1OC. The van der Waals surface area contributed by atoms with E-state index >= 15 is 0 Å². The second-order valence-electron chi connectivity index (χ2n) is 4.28. The number of carbonyl (C=O) groups excluding carboxylic acids is 1. The minimum absolute atomic E-state index is 0.00465. The monoisotopic (exact) mass is 265 g/mol. The third-order valence-corrected chi connectivity index (χ3v) is 2.87. The summed E-state index contributed by atoms with van der Waals surface area (Å²) < 4.78 is 5.40. The maximum absolute atomic E-state index is 11.5. The number of carbonyl (C=O) groups is 1. The molecule has 0 spiro atoms. The minimum Gasteiger partial charge on any atom is -0.490 e. The molecular formula is C12H19N5O2. The van der Waals surface area contributed by atoms with Crippen LogP contribution in [-0.2, 0) is 4.79 Å². The van der Waals surface area contributed by atoms with E-state index in [-0.39, 0.29) is 5.91 Å². The summed E-state index contributed by atoms with van der Waals surface area (Å²) >= 11 is 0. The summed E-state index contributed by atoms with van der Waals surface area (Å²) in [5.41, 5.74) is 0. The predicted octanol–water partition coefficient (Wildman–Crippen LogP) is 0.243. The number of anilines is 2. The van der Waals surface area contributed by atoms with Gasteiger partial charge in [0.25, 0.3) is 0 Å². The molecule has 0 saturated carbocycles. The van der Waals surface area contributed by atoms with Crippen LogP contribution in [0.25, 0.3) is 0 Å². The molecule has 104 valence electrons. The Labute approximate surface area is 112 Å². The zero-order valence-electron chi connectivity index (χ0n) is 11.3. The molecule has 0 atom stereocenters. The molecule has 1 fully saturated rings. The average molecular weight is 265 g/mol. The fourth-order valence-corrected chi connectivity index (χ4v) is 1.97. The van der Waals surface area contributed by atoms with Crippen LogP contribution in [0.4, 0.5) is 11.6 Å². The van der Waals surface area contributed by atoms with Gasteiger partial charge in [0.2, 0.25) is 11.7 Å². The lowest BCUT2D eigenvalue weighted by Crippen LogP contribution is -2.48. The van der Waals surface area contributed by atoms with Gasteiger partial charge in [0.05, 0.1) is 13.7 Å². The Kier molecular flexibility index (Phi) is 4.38. The zero-order chi connectivity index (χ0) is 13.7. The highest BCUT2D eigenvalue weighted by molar-refractivity contribution is 5.83. The maximum atomic E-state index is 11.5. The largest absolute Gasteiger partial charge is 0.490 e. The number of aromatic nitrogens is 2. The van der Waals surface area contributed by atoms with E-state index in [1.165, 1.54) is 6.33 Å². The highest BCUT2D eigenvalue weighted by Gasteiger charge is 2.22. The van der Waals surface area contributed by atoms with Crippen molar-refractivity contribution >= 4 is 17.5 Å². The van der Waals surface area contributed by atoms with E-state index in [1.807, 2.05) is 4.90 Å². The summed E-state index contributed by atoms with van der Waals surface area (Å²) in [6, 6.07) is 0. The van der Waals surface area contributed by atoms with E-state index in [2.05, 4.69) is 27.5 Å². The molecule has 0 aromatic carbocycles. The van der Waals surface area contributed by atoms with E-state index in [9.17, 15) is 4.79 Å². The van der Waals surface area contributed by atoms with Crippen molar-refractivity contribution in [3.63, 3.8) is 0 Å². The smallest absolute Gasteiger partial charge is 0.239 e. The summed E-state index contributed by atoms with van der Waals surface area (Å²) in [5, 5.41) is 5.99. The highest BCUT2D eigenvalue weighted by Crippen LogP contribution is 2.31. The van der Waals surface area contributed by atoms with Crippen molar-refractivity contribution < 1.29 is 9.53 Å². The molecule has 1 saturated heterocycles. The first-order valence-electron chi connectivity index (χ1n) is 6.40.